The van der Waals surface area contributed by atoms with Gasteiger partial charge in [0, 0.05) is 57.9 Å². The number of benzene rings is 3. The first-order valence-corrected chi connectivity index (χ1v) is 12.8. The predicted octanol–water partition coefficient (Wildman–Crippen LogP) is 6.13. The van der Waals surface area contributed by atoms with Gasteiger partial charge < -0.3 is 20.2 Å². The highest BCUT2D eigenvalue weighted by molar-refractivity contribution is 6.08. The molecule has 1 saturated carbocycles. The Hall–Kier alpha value is -3.57. The van der Waals surface area contributed by atoms with Crippen LogP contribution in [0.3, 0.4) is 0 Å². The van der Waals surface area contributed by atoms with Gasteiger partial charge in [-0.3, -0.25) is 4.79 Å². The number of H-pyrrole nitrogens is 1. The second-order valence-electron chi connectivity index (χ2n) is 9.79. The van der Waals surface area contributed by atoms with Crippen LogP contribution in [0.25, 0.3) is 32.7 Å². The fourth-order valence-corrected chi connectivity index (χ4v) is 5.71. The summed E-state index contributed by atoms with van der Waals surface area (Å²) in [7, 11) is 0. The maximum atomic E-state index is 12.7. The molecule has 0 bridgehead atoms. The maximum Gasteiger partial charge on any atom is 0.267 e. The standard InChI is InChI=1S/C30H32N4O/c1-2-34-28-10-6-4-8-24(28)25-17-20(11-16-29(25)34)19-31-22-12-14-23(15-13-22)32-30(35)27-18-21-7-3-5-9-26(21)33-27/h3-11,16-18,22-23,31,33H,2,12-15,19H2,1H3,(H,32,35). The number of aromatic amines is 1. The number of amides is 1. The molecule has 1 amide bonds. The summed E-state index contributed by atoms with van der Waals surface area (Å²) in [6.07, 6.45) is 4.17. The van der Waals surface area contributed by atoms with E-state index in [-0.39, 0.29) is 11.9 Å². The summed E-state index contributed by atoms with van der Waals surface area (Å²) < 4.78 is 2.40. The van der Waals surface area contributed by atoms with Crippen molar-refractivity contribution in [3.05, 3.63) is 84.1 Å². The van der Waals surface area contributed by atoms with Crippen LogP contribution < -0.4 is 10.6 Å². The van der Waals surface area contributed by atoms with Crippen LogP contribution in [0, 0.1) is 0 Å². The molecule has 5 aromatic rings. The molecule has 1 fully saturated rings. The summed E-state index contributed by atoms with van der Waals surface area (Å²) >= 11 is 0. The SMILES string of the molecule is CCn1c2ccccc2c2cc(CNC3CCC(NC(=O)c4cc5ccccc5[nH]4)CC3)ccc21. The molecule has 3 N–H and O–H groups in total. The number of fused-ring (bicyclic) bond motifs is 4. The van der Waals surface area contributed by atoms with Crippen molar-refractivity contribution in [2.75, 3.05) is 0 Å². The number of hydrogen-bond donors (Lipinski definition) is 3. The van der Waals surface area contributed by atoms with Crippen molar-refractivity contribution in [3.8, 4) is 0 Å². The van der Waals surface area contributed by atoms with Gasteiger partial charge in [-0.2, -0.15) is 0 Å². The summed E-state index contributed by atoms with van der Waals surface area (Å²) in [5, 5.41) is 10.7. The minimum absolute atomic E-state index is 0.00263. The fraction of sp³-hybridized carbons (Fsp3) is 0.300. The summed E-state index contributed by atoms with van der Waals surface area (Å²) in [4.78, 5) is 16.0. The lowest BCUT2D eigenvalue weighted by Crippen LogP contribution is -2.42. The molecule has 6 rings (SSSR count). The molecular weight excluding hydrogens is 432 g/mol. The van der Waals surface area contributed by atoms with E-state index >= 15 is 0 Å². The Morgan fingerprint density at radius 2 is 1.63 bits per heavy atom. The van der Waals surface area contributed by atoms with E-state index in [1.807, 2.05) is 30.3 Å². The maximum absolute atomic E-state index is 12.7. The summed E-state index contributed by atoms with van der Waals surface area (Å²) in [6.45, 7) is 4.06. The van der Waals surface area contributed by atoms with E-state index in [1.165, 1.54) is 27.4 Å². The lowest BCUT2D eigenvalue weighted by molar-refractivity contribution is 0.0920. The van der Waals surface area contributed by atoms with Crippen molar-refractivity contribution in [2.24, 2.45) is 0 Å². The molecule has 0 spiro atoms. The molecule has 2 aromatic heterocycles. The zero-order valence-corrected chi connectivity index (χ0v) is 20.2. The van der Waals surface area contributed by atoms with E-state index in [9.17, 15) is 4.79 Å². The minimum atomic E-state index is -0.00263. The van der Waals surface area contributed by atoms with Crippen molar-refractivity contribution < 1.29 is 4.79 Å². The second-order valence-corrected chi connectivity index (χ2v) is 9.79. The van der Waals surface area contributed by atoms with Crippen LogP contribution in [0.1, 0.15) is 48.7 Å². The molecule has 2 heterocycles. The van der Waals surface area contributed by atoms with E-state index in [1.54, 1.807) is 0 Å². The van der Waals surface area contributed by atoms with Crippen LogP contribution in [-0.2, 0) is 13.1 Å². The molecule has 0 radical (unpaired) electrons. The van der Waals surface area contributed by atoms with Gasteiger partial charge in [0.25, 0.3) is 5.91 Å². The van der Waals surface area contributed by atoms with Gasteiger partial charge in [0.05, 0.1) is 0 Å². The van der Waals surface area contributed by atoms with Gasteiger partial charge in [-0.15, -0.1) is 0 Å². The first-order valence-electron chi connectivity index (χ1n) is 12.8. The molecule has 5 nitrogen and oxygen atoms in total. The van der Waals surface area contributed by atoms with Gasteiger partial charge in [0.1, 0.15) is 5.69 Å². The molecule has 35 heavy (non-hydrogen) atoms. The van der Waals surface area contributed by atoms with E-state index in [4.69, 9.17) is 0 Å². The molecule has 0 aliphatic heterocycles. The van der Waals surface area contributed by atoms with Crippen molar-refractivity contribution in [2.45, 2.75) is 57.8 Å². The number of para-hydroxylation sites is 2. The number of carbonyl (C=O) groups excluding carboxylic acids is 1. The zero-order chi connectivity index (χ0) is 23.8. The van der Waals surface area contributed by atoms with Crippen molar-refractivity contribution >= 4 is 38.6 Å². The number of aryl methyl sites for hydroxylation is 1. The van der Waals surface area contributed by atoms with E-state index in [0.29, 0.717) is 11.7 Å². The number of rotatable bonds is 6. The smallest absolute Gasteiger partial charge is 0.267 e. The van der Waals surface area contributed by atoms with Crippen molar-refractivity contribution in [1.29, 1.82) is 0 Å². The Morgan fingerprint density at radius 1 is 0.886 bits per heavy atom. The zero-order valence-electron chi connectivity index (χ0n) is 20.2. The van der Waals surface area contributed by atoms with E-state index < -0.39 is 0 Å². The number of nitrogens with zero attached hydrogens (tertiary/aromatic N) is 1. The van der Waals surface area contributed by atoms with Gasteiger partial charge in [-0.1, -0.05) is 42.5 Å². The highest BCUT2D eigenvalue weighted by Crippen LogP contribution is 2.30. The molecule has 0 atom stereocenters. The largest absolute Gasteiger partial charge is 0.351 e. The average Bonchev–Trinajstić information content (AvgIpc) is 3.47. The van der Waals surface area contributed by atoms with Crippen molar-refractivity contribution in [1.82, 2.24) is 20.2 Å². The molecule has 178 valence electrons. The topological polar surface area (TPSA) is 61.9 Å². The number of carbonyl (C=O) groups is 1. The average molecular weight is 465 g/mol. The Bertz CT molecular complexity index is 1470. The third-order valence-electron chi connectivity index (χ3n) is 7.58. The molecule has 0 saturated heterocycles. The Morgan fingerprint density at radius 3 is 2.46 bits per heavy atom. The number of aromatic nitrogens is 2. The Labute approximate surface area is 205 Å². The third-order valence-corrected chi connectivity index (χ3v) is 7.58. The monoisotopic (exact) mass is 464 g/mol. The first-order chi connectivity index (χ1) is 17.2. The lowest BCUT2D eigenvalue weighted by atomic mass is 9.91. The van der Waals surface area contributed by atoms with Crippen LogP contribution in [0.15, 0.2) is 72.8 Å². The van der Waals surface area contributed by atoms with E-state index in [0.717, 1.165) is 49.7 Å². The van der Waals surface area contributed by atoms with Crippen LogP contribution in [-0.4, -0.2) is 27.5 Å². The van der Waals surface area contributed by atoms with Gasteiger partial charge in [-0.05, 0) is 68.5 Å². The molecular formula is C30H32N4O. The number of hydrogen-bond acceptors (Lipinski definition) is 2. The molecule has 3 aromatic carbocycles. The second kappa shape index (κ2) is 9.23. The van der Waals surface area contributed by atoms with E-state index in [2.05, 4.69) is 69.6 Å². The van der Waals surface area contributed by atoms with Gasteiger partial charge in [-0.25, -0.2) is 0 Å². The molecule has 5 heteroatoms. The third kappa shape index (κ3) is 4.21. The lowest BCUT2D eigenvalue weighted by Gasteiger charge is -2.29. The normalized spacial score (nSPS) is 18.4. The Balaban J connectivity index is 1.06. The van der Waals surface area contributed by atoms with Crippen LogP contribution in [0.4, 0.5) is 0 Å². The van der Waals surface area contributed by atoms with Gasteiger partial charge >= 0.3 is 0 Å². The first kappa shape index (κ1) is 21.9. The molecule has 1 aliphatic rings. The van der Waals surface area contributed by atoms with Gasteiger partial charge in [0.15, 0.2) is 0 Å². The van der Waals surface area contributed by atoms with Crippen LogP contribution >= 0.6 is 0 Å². The summed E-state index contributed by atoms with van der Waals surface area (Å²) in [5.74, 6) is -0.00263. The van der Waals surface area contributed by atoms with Crippen LogP contribution in [0.5, 0.6) is 0 Å². The fourth-order valence-electron chi connectivity index (χ4n) is 5.71. The van der Waals surface area contributed by atoms with Gasteiger partial charge in [0.2, 0.25) is 0 Å². The minimum Gasteiger partial charge on any atom is -0.351 e. The van der Waals surface area contributed by atoms with Crippen molar-refractivity contribution in [3.63, 3.8) is 0 Å². The number of nitrogens with one attached hydrogen (secondary N) is 3. The quantitative estimate of drug-likeness (QED) is 0.283. The Kier molecular flexibility index (Phi) is 5.78. The van der Waals surface area contributed by atoms with Crippen LogP contribution in [0.2, 0.25) is 0 Å². The molecule has 0 unspecified atom stereocenters. The highest BCUT2D eigenvalue weighted by atomic mass is 16.1. The summed E-state index contributed by atoms with van der Waals surface area (Å²) in [6, 6.07) is 26.2. The molecule has 1 aliphatic carbocycles. The summed E-state index contributed by atoms with van der Waals surface area (Å²) in [5.41, 5.74) is 5.59. The predicted molar refractivity (Wildman–Crippen MR) is 144 cm³/mol. The highest BCUT2D eigenvalue weighted by Gasteiger charge is 2.23.